The third-order valence-electron chi connectivity index (χ3n) is 7.10. The van der Waals surface area contributed by atoms with E-state index in [0.29, 0.717) is 29.5 Å². The van der Waals surface area contributed by atoms with E-state index in [1.54, 1.807) is 12.1 Å². The number of alkyl halides is 3. The number of aliphatic hydroxyl groups excluding tert-OH is 1. The largest absolute Gasteiger partial charge is 0.435 e. The minimum absolute atomic E-state index is 0.118. The minimum atomic E-state index is -4.83. The van der Waals surface area contributed by atoms with Gasteiger partial charge in [-0.3, -0.25) is 9.59 Å². The second-order valence-corrected chi connectivity index (χ2v) is 10.1. The van der Waals surface area contributed by atoms with Crippen molar-refractivity contribution in [2.45, 2.75) is 50.8 Å². The zero-order chi connectivity index (χ0) is 29.3. The van der Waals surface area contributed by atoms with Gasteiger partial charge in [-0.2, -0.15) is 18.3 Å². The lowest BCUT2D eigenvalue weighted by atomic mass is 9.98. The summed E-state index contributed by atoms with van der Waals surface area (Å²) in [7, 11) is 0. The fourth-order valence-electron chi connectivity index (χ4n) is 4.77. The summed E-state index contributed by atoms with van der Waals surface area (Å²) in [6.45, 7) is 0.118. The Hall–Kier alpha value is -4.23. The molecule has 2 aromatic carbocycles. The van der Waals surface area contributed by atoms with Crippen LogP contribution in [-0.2, 0) is 17.5 Å². The van der Waals surface area contributed by atoms with Crippen LogP contribution >= 0.6 is 0 Å². The van der Waals surface area contributed by atoms with Gasteiger partial charge in [-0.15, -0.1) is 0 Å². The Kier molecular flexibility index (Phi) is 7.82. The summed E-state index contributed by atoms with van der Waals surface area (Å²) in [6, 6.07) is 10.4. The van der Waals surface area contributed by atoms with Crippen molar-refractivity contribution in [2.24, 2.45) is 11.7 Å². The molecular formula is C28H28F4N6O3. The fraction of sp³-hybridized carbons (Fsp3) is 0.321. The number of aromatic nitrogens is 2. The lowest BCUT2D eigenvalue weighted by Gasteiger charge is -2.37. The monoisotopic (exact) mass is 572 g/mol. The number of anilines is 1. The topological polar surface area (TPSA) is 126 Å². The molecule has 2 atom stereocenters. The van der Waals surface area contributed by atoms with Crippen LogP contribution < -0.4 is 16.4 Å². The Morgan fingerprint density at radius 2 is 1.98 bits per heavy atom. The first-order valence-corrected chi connectivity index (χ1v) is 13.0. The zero-order valence-electron chi connectivity index (χ0n) is 21.7. The predicted octanol–water partition coefficient (Wildman–Crippen LogP) is 4.19. The molecule has 1 aliphatic heterocycles. The number of aliphatic hydroxyl groups is 1. The molecule has 1 aromatic heterocycles. The standard InChI is InChI=1S/C28H28F4N6O3/c29-20-8-7-18(22(9-6-16-4-5-16)37-11-10-25(39)35-27(37)41)13-21(20)34-26(40)23-14-24(28(30,31)32)36-38(23)19-3-1-2-17(12-19)15-33/h1-3,7-8,10-14,16,22,27,41H,4-6,9,15,33H2,(H,34,40)(H,35,39). The van der Waals surface area contributed by atoms with Crippen molar-refractivity contribution in [2.75, 3.05) is 5.32 Å². The summed E-state index contributed by atoms with van der Waals surface area (Å²) in [5, 5.41) is 18.9. The van der Waals surface area contributed by atoms with Crippen molar-refractivity contribution >= 4 is 17.5 Å². The van der Waals surface area contributed by atoms with Crippen molar-refractivity contribution < 1.29 is 32.3 Å². The molecule has 9 nitrogen and oxygen atoms in total. The van der Waals surface area contributed by atoms with Crippen LogP contribution in [0.25, 0.3) is 5.69 Å². The van der Waals surface area contributed by atoms with E-state index in [1.165, 1.54) is 41.4 Å². The van der Waals surface area contributed by atoms with E-state index in [1.807, 2.05) is 0 Å². The molecule has 2 heterocycles. The van der Waals surface area contributed by atoms with Gasteiger partial charge in [0.1, 0.15) is 11.5 Å². The first-order valence-electron chi connectivity index (χ1n) is 13.0. The lowest BCUT2D eigenvalue weighted by molar-refractivity contribution is -0.141. The summed E-state index contributed by atoms with van der Waals surface area (Å²) in [5.41, 5.74) is 4.97. The molecule has 1 saturated carbocycles. The Balaban J connectivity index is 1.47. The summed E-state index contributed by atoms with van der Waals surface area (Å²) >= 11 is 0. The molecule has 13 heteroatoms. The molecule has 2 unspecified atom stereocenters. The van der Waals surface area contributed by atoms with Crippen LogP contribution in [0, 0.1) is 11.7 Å². The average Bonchev–Trinajstić information content (AvgIpc) is 3.64. The number of benzene rings is 2. The van der Waals surface area contributed by atoms with Gasteiger partial charge < -0.3 is 26.4 Å². The highest BCUT2D eigenvalue weighted by Crippen LogP contribution is 2.39. The van der Waals surface area contributed by atoms with Gasteiger partial charge in [0.25, 0.3) is 5.91 Å². The summed E-state index contributed by atoms with van der Waals surface area (Å²) in [4.78, 5) is 26.5. The third-order valence-corrected chi connectivity index (χ3v) is 7.10. The summed E-state index contributed by atoms with van der Waals surface area (Å²) in [6.07, 6.45) is 0.152. The smallest absolute Gasteiger partial charge is 0.356 e. The van der Waals surface area contributed by atoms with Gasteiger partial charge in [-0.25, -0.2) is 9.07 Å². The zero-order valence-corrected chi connectivity index (χ0v) is 21.7. The molecule has 5 rings (SSSR count). The van der Waals surface area contributed by atoms with E-state index < -0.39 is 47.6 Å². The number of nitrogens with one attached hydrogen (secondary N) is 2. The Morgan fingerprint density at radius 3 is 2.66 bits per heavy atom. The van der Waals surface area contributed by atoms with Gasteiger partial charge in [0.05, 0.1) is 17.4 Å². The molecule has 1 aliphatic carbocycles. The number of hydrogen-bond acceptors (Lipinski definition) is 6. The van der Waals surface area contributed by atoms with Crippen molar-refractivity contribution in [1.29, 1.82) is 0 Å². The van der Waals surface area contributed by atoms with Gasteiger partial charge in [0, 0.05) is 24.9 Å². The highest BCUT2D eigenvalue weighted by Gasteiger charge is 2.36. The van der Waals surface area contributed by atoms with E-state index >= 15 is 0 Å². The van der Waals surface area contributed by atoms with E-state index in [2.05, 4.69) is 15.7 Å². The Morgan fingerprint density at radius 1 is 1.20 bits per heavy atom. The number of carbonyl (C=O) groups excluding carboxylic acids is 2. The molecular weight excluding hydrogens is 544 g/mol. The number of amides is 2. The second kappa shape index (κ2) is 11.3. The molecule has 2 aliphatic rings. The van der Waals surface area contributed by atoms with E-state index in [-0.39, 0.29) is 17.9 Å². The van der Waals surface area contributed by atoms with Crippen LogP contribution in [0.2, 0.25) is 0 Å². The number of hydrogen-bond donors (Lipinski definition) is 4. The van der Waals surface area contributed by atoms with Crippen LogP contribution in [-0.4, -0.2) is 38.0 Å². The van der Waals surface area contributed by atoms with Gasteiger partial charge in [-0.05, 0) is 54.2 Å². The molecule has 0 spiro atoms. The maximum absolute atomic E-state index is 15.0. The molecule has 1 fully saturated rings. The van der Waals surface area contributed by atoms with Crippen LogP contribution in [0.4, 0.5) is 23.2 Å². The van der Waals surface area contributed by atoms with Crippen molar-refractivity contribution in [1.82, 2.24) is 20.0 Å². The SMILES string of the molecule is NCc1cccc(-n2nc(C(F)(F)F)cc2C(=O)Nc2cc(C(CCC3CC3)N3C=CC(=O)NC3O)ccc2F)c1. The van der Waals surface area contributed by atoms with E-state index in [0.717, 1.165) is 30.0 Å². The summed E-state index contributed by atoms with van der Waals surface area (Å²) in [5.74, 6) is -1.74. The lowest BCUT2D eigenvalue weighted by Crippen LogP contribution is -2.49. The van der Waals surface area contributed by atoms with Gasteiger partial charge >= 0.3 is 6.18 Å². The van der Waals surface area contributed by atoms with Crippen LogP contribution in [0.3, 0.4) is 0 Å². The van der Waals surface area contributed by atoms with E-state index in [4.69, 9.17) is 5.73 Å². The molecule has 5 N–H and O–H groups in total. The maximum atomic E-state index is 15.0. The average molecular weight is 573 g/mol. The Bertz CT molecular complexity index is 1480. The van der Waals surface area contributed by atoms with Gasteiger partial charge in [0.2, 0.25) is 12.3 Å². The predicted molar refractivity (Wildman–Crippen MR) is 141 cm³/mol. The molecule has 0 saturated heterocycles. The van der Waals surface area contributed by atoms with Crippen molar-refractivity contribution in [3.8, 4) is 5.69 Å². The molecule has 216 valence electrons. The quantitative estimate of drug-likeness (QED) is 0.285. The van der Waals surface area contributed by atoms with Crippen LogP contribution in [0.1, 0.15) is 59.0 Å². The number of carbonyl (C=O) groups is 2. The number of nitrogens with two attached hydrogens (primary N) is 1. The third kappa shape index (κ3) is 6.41. The molecule has 0 bridgehead atoms. The number of nitrogens with zero attached hydrogens (tertiary/aromatic N) is 3. The van der Waals surface area contributed by atoms with Crippen molar-refractivity contribution in [3.63, 3.8) is 0 Å². The van der Waals surface area contributed by atoms with Crippen molar-refractivity contribution in [3.05, 3.63) is 89.1 Å². The summed E-state index contributed by atoms with van der Waals surface area (Å²) < 4.78 is 56.5. The normalized spacial score (nSPS) is 17.9. The number of rotatable bonds is 9. The maximum Gasteiger partial charge on any atom is 0.435 e. The van der Waals surface area contributed by atoms with Crippen LogP contribution in [0.15, 0.2) is 60.8 Å². The molecule has 0 radical (unpaired) electrons. The number of halogens is 4. The van der Waals surface area contributed by atoms with E-state index in [9.17, 15) is 32.3 Å². The highest BCUT2D eigenvalue weighted by molar-refractivity contribution is 6.03. The Labute approximate surface area is 232 Å². The first kappa shape index (κ1) is 28.3. The highest BCUT2D eigenvalue weighted by atomic mass is 19.4. The first-order chi connectivity index (χ1) is 19.5. The fourth-order valence-corrected chi connectivity index (χ4v) is 4.77. The van der Waals surface area contributed by atoms with Crippen LogP contribution in [0.5, 0.6) is 0 Å². The second-order valence-electron chi connectivity index (χ2n) is 10.1. The molecule has 3 aromatic rings. The minimum Gasteiger partial charge on any atom is -0.356 e. The molecule has 41 heavy (non-hydrogen) atoms. The molecule has 2 amide bonds. The van der Waals surface area contributed by atoms with Gasteiger partial charge in [-0.1, -0.05) is 31.0 Å². The van der Waals surface area contributed by atoms with Gasteiger partial charge in [0.15, 0.2) is 5.69 Å².